The van der Waals surface area contributed by atoms with Gasteiger partial charge in [-0.1, -0.05) is 24.3 Å². The largest absolute Gasteiger partial charge is 0.372 e. The van der Waals surface area contributed by atoms with E-state index in [0.29, 0.717) is 18.7 Å². The van der Waals surface area contributed by atoms with Gasteiger partial charge in [-0.15, -0.1) is 0 Å². The normalized spacial score (nSPS) is 10.5. The van der Waals surface area contributed by atoms with E-state index in [0.717, 1.165) is 5.69 Å². The van der Waals surface area contributed by atoms with Crippen molar-refractivity contribution in [3.63, 3.8) is 0 Å². The molecule has 164 valence electrons. The first-order valence-corrected chi connectivity index (χ1v) is 10.0. The fourth-order valence-electron chi connectivity index (χ4n) is 3.35. The predicted octanol–water partition coefficient (Wildman–Crippen LogP) is 3.60. The van der Waals surface area contributed by atoms with Crippen molar-refractivity contribution in [1.82, 2.24) is 9.88 Å². The summed E-state index contributed by atoms with van der Waals surface area (Å²) in [4.78, 5) is 44.7. The fourth-order valence-corrected chi connectivity index (χ4v) is 3.35. The van der Waals surface area contributed by atoms with E-state index in [-0.39, 0.29) is 28.3 Å². The molecule has 0 saturated carbocycles. The Morgan fingerprint density at radius 1 is 0.969 bits per heavy atom. The highest BCUT2D eigenvalue weighted by molar-refractivity contribution is 6.15. The highest BCUT2D eigenvalue weighted by atomic mass is 16.6. The van der Waals surface area contributed by atoms with E-state index in [4.69, 9.17) is 0 Å². The minimum Gasteiger partial charge on any atom is -0.372 e. The number of rotatable bonds is 8. The van der Waals surface area contributed by atoms with Crippen LogP contribution in [0.3, 0.4) is 0 Å². The molecule has 0 spiro atoms. The highest BCUT2D eigenvalue weighted by Gasteiger charge is 2.24. The first kappa shape index (κ1) is 22.6. The molecule has 0 radical (unpaired) electrons. The number of likely N-dealkylation sites (N-methyl/N-ethyl adjacent to an activating group) is 1. The van der Waals surface area contributed by atoms with Gasteiger partial charge in [0, 0.05) is 63.2 Å². The molecule has 0 N–H and O–H groups in total. The number of aromatic nitrogens is 1. The molecule has 0 bridgehead atoms. The molecule has 0 unspecified atom stereocenters. The quantitative estimate of drug-likeness (QED) is 0.307. The molecule has 0 atom stereocenters. The van der Waals surface area contributed by atoms with Gasteiger partial charge in [0.15, 0.2) is 5.78 Å². The molecule has 0 saturated heterocycles. The Bertz CT molecular complexity index is 1150. The molecule has 3 rings (SSSR count). The number of nitrogens with zero attached hydrogens (tertiary/aromatic N) is 4. The number of amides is 1. The van der Waals surface area contributed by atoms with Crippen LogP contribution in [0.25, 0.3) is 0 Å². The van der Waals surface area contributed by atoms with Crippen molar-refractivity contribution in [1.29, 1.82) is 0 Å². The van der Waals surface area contributed by atoms with Crippen molar-refractivity contribution in [3.05, 3.63) is 99.4 Å². The summed E-state index contributed by atoms with van der Waals surface area (Å²) in [6.45, 7) is 0.432. The Balaban J connectivity index is 1.87. The van der Waals surface area contributed by atoms with Crippen LogP contribution in [0.1, 0.15) is 32.0 Å². The van der Waals surface area contributed by atoms with Gasteiger partial charge in [0.2, 0.25) is 0 Å². The lowest BCUT2D eigenvalue weighted by atomic mass is 9.97. The van der Waals surface area contributed by atoms with Crippen molar-refractivity contribution in [2.75, 3.05) is 32.6 Å². The van der Waals surface area contributed by atoms with Crippen molar-refractivity contribution in [3.8, 4) is 0 Å². The van der Waals surface area contributed by atoms with Crippen molar-refractivity contribution >= 4 is 23.1 Å². The van der Waals surface area contributed by atoms with Crippen LogP contribution in [0.5, 0.6) is 0 Å². The van der Waals surface area contributed by atoms with E-state index in [9.17, 15) is 19.7 Å². The predicted molar refractivity (Wildman–Crippen MR) is 122 cm³/mol. The maximum absolute atomic E-state index is 13.2. The summed E-state index contributed by atoms with van der Waals surface area (Å²) in [5, 5.41) is 11.5. The maximum Gasteiger partial charge on any atom is 0.293 e. The molecule has 1 heterocycles. The second kappa shape index (κ2) is 9.82. The van der Waals surface area contributed by atoms with Crippen molar-refractivity contribution in [2.45, 2.75) is 6.42 Å². The van der Waals surface area contributed by atoms with Crippen LogP contribution in [0.2, 0.25) is 0 Å². The zero-order chi connectivity index (χ0) is 23.3. The zero-order valence-corrected chi connectivity index (χ0v) is 18.2. The third-order valence-corrected chi connectivity index (χ3v) is 5.09. The van der Waals surface area contributed by atoms with Crippen LogP contribution >= 0.6 is 0 Å². The number of nitro benzene ring substituents is 1. The van der Waals surface area contributed by atoms with Crippen LogP contribution in [0.4, 0.5) is 11.4 Å². The Hall–Kier alpha value is -4.07. The molecule has 8 heteroatoms. The SMILES string of the molecule is CN(CCc1ccccn1)C(=O)c1ccccc1C(=O)c1ccc(N(C)C)c([N+](=O)[O-])c1. The molecule has 1 amide bonds. The number of nitro groups is 1. The lowest BCUT2D eigenvalue weighted by Crippen LogP contribution is -2.30. The van der Waals surface area contributed by atoms with Crippen LogP contribution < -0.4 is 4.90 Å². The summed E-state index contributed by atoms with van der Waals surface area (Å²) >= 11 is 0. The van der Waals surface area contributed by atoms with Crippen LogP contribution in [0, 0.1) is 10.1 Å². The average Bonchev–Trinajstić information content (AvgIpc) is 2.81. The summed E-state index contributed by atoms with van der Waals surface area (Å²) in [5.74, 6) is -0.746. The number of benzene rings is 2. The standard InChI is InChI=1S/C24H24N4O4/c1-26(2)21-12-11-17(16-22(21)28(31)32)23(29)19-9-4-5-10-20(19)24(30)27(3)15-13-18-8-6-7-14-25-18/h4-12,14,16H,13,15H2,1-3H3. The number of pyridine rings is 1. The average molecular weight is 432 g/mol. The van der Waals surface area contributed by atoms with E-state index in [1.54, 1.807) is 61.4 Å². The number of anilines is 1. The van der Waals surface area contributed by atoms with Crippen molar-refractivity contribution in [2.24, 2.45) is 0 Å². The molecule has 0 aliphatic carbocycles. The summed E-state index contributed by atoms with van der Waals surface area (Å²) < 4.78 is 0. The molecule has 8 nitrogen and oxygen atoms in total. The lowest BCUT2D eigenvalue weighted by Gasteiger charge is -2.19. The minimum absolute atomic E-state index is 0.152. The Kier molecular flexibility index (Phi) is 6.94. The minimum atomic E-state index is -0.519. The topological polar surface area (TPSA) is 96.7 Å². The van der Waals surface area contributed by atoms with Crippen LogP contribution in [0.15, 0.2) is 66.9 Å². The molecule has 2 aromatic carbocycles. The van der Waals surface area contributed by atoms with Crippen LogP contribution in [-0.2, 0) is 6.42 Å². The molecule has 0 aliphatic heterocycles. The number of ketones is 1. The second-order valence-corrected chi connectivity index (χ2v) is 7.53. The molecule has 1 aromatic heterocycles. The number of hydrogen-bond donors (Lipinski definition) is 0. The first-order valence-electron chi connectivity index (χ1n) is 10.0. The van der Waals surface area contributed by atoms with E-state index >= 15 is 0 Å². The monoisotopic (exact) mass is 432 g/mol. The van der Waals surface area contributed by atoms with Gasteiger partial charge >= 0.3 is 0 Å². The fraction of sp³-hybridized carbons (Fsp3) is 0.208. The third kappa shape index (κ3) is 4.97. The number of hydrogen-bond acceptors (Lipinski definition) is 6. The van der Waals surface area contributed by atoms with Crippen LogP contribution in [-0.4, -0.2) is 54.2 Å². The van der Waals surface area contributed by atoms with Gasteiger partial charge in [-0.2, -0.15) is 0 Å². The smallest absolute Gasteiger partial charge is 0.293 e. The van der Waals surface area contributed by atoms with Gasteiger partial charge in [0.1, 0.15) is 5.69 Å². The van der Waals surface area contributed by atoms with Gasteiger partial charge in [-0.05, 0) is 30.3 Å². The summed E-state index contributed by atoms with van der Waals surface area (Å²) in [6.07, 6.45) is 2.28. The third-order valence-electron chi connectivity index (χ3n) is 5.09. The zero-order valence-electron chi connectivity index (χ0n) is 18.2. The molecule has 3 aromatic rings. The molecular weight excluding hydrogens is 408 g/mol. The van der Waals surface area contributed by atoms with E-state index in [1.807, 2.05) is 18.2 Å². The molecule has 0 fully saturated rings. The Morgan fingerprint density at radius 3 is 2.28 bits per heavy atom. The summed E-state index contributed by atoms with van der Waals surface area (Å²) in [7, 11) is 5.06. The lowest BCUT2D eigenvalue weighted by molar-refractivity contribution is -0.384. The maximum atomic E-state index is 13.2. The van der Waals surface area contributed by atoms with Gasteiger partial charge in [-0.3, -0.25) is 24.7 Å². The number of carbonyl (C=O) groups excluding carboxylic acids is 2. The van der Waals surface area contributed by atoms with E-state index < -0.39 is 10.7 Å². The molecule has 0 aliphatic rings. The first-order chi connectivity index (χ1) is 15.3. The van der Waals surface area contributed by atoms with Gasteiger partial charge in [-0.25, -0.2) is 0 Å². The summed E-state index contributed by atoms with van der Waals surface area (Å²) in [5.41, 5.74) is 1.69. The van der Waals surface area contributed by atoms with E-state index in [2.05, 4.69) is 4.98 Å². The van der Waals surface area contributed by atoms with Gasteiger partial charge < -0.3 is 9.80 Å². The van der Waals surface area contributed by atoms with Gasteiger partial charge in [0.25, 0.3) is 11.6 Å². The number of carbonyl (C=O) groups is 2. The Morgan fingerprint density at radius 2 is 1.66 bits per heavy atom. The van der Waals surface area contributed by atoms with E-state index in [1.165, 1.54) is 18.2 Å². The summed E-state index contributed by atoms with van der Waals surface area (Å²) in [6, 6.07) is 16.4. The highest BCUT2D eigenvalue weighted by Crippen LogP contribution is 2.29. The molecule has 32 heavy (non-hydrogen) atoms. The molecular formula is C24H24N4O4. The van der Waals surface area contributed by atoms with Gasteiger partial charge in [0.05, 0.1) is 10.5 Å². The van der Waals surface area contributed by atoms with Crippen molar-refractivity contribution < 1.29 is 14.5 Å². The second-order valence-electron chi connectivity index (χ2n) is 7.53. The Labute approximate surface area is 186 Å².